The third kappa shape index (κ3) is 4.68. The number of likely N-dealkylation sites (tertiary alicyclic amines) is 1. The van der Waals surface area contributed by atoms with Gasteiger partial charge in [0.05, 0.1) is 19.1 Å². The molecule has 0 spiro atoms. The van der Waals surface area contributed by atoms with Gasteiger partial charge in [0.25, 0.3) is 0 Å². The van der Waals surface area contributed by atoms with Crippen LogP contribution in [0.25, 0.3) is 0 Å². The lowest BCUT2D eigenvalue weighted by molar-refractivity contribution is -0.134. The van der Waals surface area contributed by atoms with E-state index in [1.54, 1.807) is 0 Å². The van der Waals surface area contributed by atoms with E-state index in [0.717, 1.165) is 24.9 Å². The fraction of sp³-hybridized carbons (Fsp3) is 0.381. The smallest absolute Gasteiger partial charge is 0.227 e. The van der Waals surface area contributed by atoms with Crippen LogP contribution in [0, 0.1) is 6.92 Å². The summed E-state index contributed by atoms with van der Waals surface area (Å²) in [6, 6.07) is 18.4. The van der Waals surface area contributed by atoms with Crippen LogP contribution in [0.15, 0.2) is 54.6 Å². The van der Waals surface area contributed by atoms with Crippen molar-refractivity contribution in [3.63, 3.8) is 0 Å². The Morgan fingerprint density at radius 2 is 1.83 bits per heavy atom. The van der Waals surface area contributed by atoms with Crippen molar-refractivity contribution < 1.29 is 9.53 Å². The average Bonchev–Trinajstić information content (AvgIpc) is 2.62. The number of hydrogen-bond acceptors (Lipinski definition) is 2. The van der Waals surface area contributed by atoms with Crippen molar-refractivity contribution in [2.75, 3.05) is 13.1 Å². The van der Waals surface area contributed by atoms with Crippen molar-refractivity contribution in [3.05, 3.63) is 71.3 Å². The summed E-state index contributed by atoms with van der Waals surface area (Å²) in [6.07, 6.45) is 2.66. The molecule has 0 aromatic heterocycles. The zero-order valence-electron chi connectivity index (χ0n) is 14.3. The second kappa shape index (κ2) is 8.11. The molecule has 1 saturated heterocycles. The van der Waals surface area contributed by atoms with Gasteiger partial charge in [-0.25, -0.2) is 0 Å². The molecule has 1 heterocycles. The molecule has 1 aliphatic heterocycles. The Labute approximate surface area is 144 Å². The topological polar surface area (TPSA) is 29.5 Å². The Bertz CT molecular complexity index is 651. The van der Waals surface area contributed by atoms with E-state index in [1.165, 1.54) is 11.1 Å². The molecule has 3 rings (SSSR count). The highest BCUT2D eigenvalue weighted by molar-refractivity contribution is 5.78. The van der Waals surface area contributed by atoms with Gasteiger partial charge < -0.3 is 9.64 Å². The van der Waals surface area contributed by atoms with Crippen molar-refractivity contribution in [2.24, 2.45) is 0 Å². The molecule has 1 fully saturated rings. The van der Waals surface area contributed by atoms with Crippen LogP contribution < -0.4 is 0 Å². The van der Waals surface area contributed by atoms with Crippen molar-refractivity contribution in [3.8, 4) is 0 Å². The molecule has 3 nitrogen and oxygen atoms in total. The predicted molar refractivity (Wildman–Crippen MR) is 95.7 cm³/mol. The summed E-state index contributed by atoms with van der Waals surface area (Å²) in [4.78, 5) is 14.4. The maximum Gasteiger partial charge on any atom is 0.227 e. The Hall–Kier alpha value is -2.13. The Morgan fingerprint density at radius 1 is 1.08 bits per heavy atom. The van der Waals surface area contributed by atoms with Crippen molar-refractivity contribution in [1.29, 1.82) is 0 Å². The number of nitrogens with zero attached hydrogens (tertiary/aromatic N) is 1. The van der Waals surface area contributed by atoms with Gasteiger partial charge in [0.15, 0.2) is 0 Å². The molecule has 0 N–H and O–H groups in total. The van der Waals surface area contributed by atoms with Gasteiger partial charge >= 0.3 is 0 Å². The van der Waals surface area contributed by atoms with Gasteiger partial charge in [-0.05, 0) is 30.9 Å². The molecule has 0 aliphatic carbocycles. The summed E-state index contributed by atoms with van der Waals surface area (Å²) in [7, 11) is 0. The first-order chi connectivity index (χ1) is 11.7. The molecule has 1 atom stereocenters. The van der Waals surface area contributed by atoms with E-state index >= 15 is 0 Å². The quantitative estimate of drug-likeness (QED) is 0.839. The van der Waals surface area contributed by atoms with Crippen molar-refractivity contribution in [2.45, 2.75) is 38.9 Å². The van der Waals surface area contributed by atoms with E-state index in [0.29, 0.717) is 19.6 Å². The van der Waals surface area contributed by atoms with E-state index in [4.69, 9.17) is 4.74 Å². The number of carbonyl (C=O) groups is 1. The molecule has 2 aromatic carbocycles. The number of carbonyl (C=O) groups excluding carboxylic acids is 1. The number of hydrogen-bond donors (Lipinski definition) is 0. The fourth-order valence-electron chi connectivity index (χ4n) is 3.08. The molecule has 0 bridgehead atoms. The lowest BCUT2D eigenvalue weighted by Gasteiger charge is -2.33. The maximum atomic E-state index is 12.5. The highest BCUT2D eigenvalue weighted by Crippen LogP contribution is 2.17. The van der Waals surface area contributed by atoms with Crippen LogP contribution in [-0.4, -0.2) is 30.0 Å². The van der Waals surface area contributed by atoms with E-state index in [1.807, 2.05) is 35.2 Å². The largest absolute Gasteiger partial charge is 0.372 e. The third-order valence-corrected chi connectivity index (χ3v) is 4.54. The van der Waals surface area contributed by atoms with E-state index < -0.39 is 0 Å². The Morgan fingerprint density at radius 3 is 2.58 bits per heavy atom. The fourth-order valence-corrected chi connectivity index (χ4v) is 3.08. The maximum absolute atomic E-state index is 12.5. The zero-order chi connectivity index (χ0) is 16.8. The highest BCUT2D eigenvalue weighted by Gasteiger charge is 2.24. The Balaban J connectivity index is 1.50. The predicted octanol–water partition coefficient (Wildman–Crippen LogP) is 3.75. The lowest BCUT2D eigenvalue weighted by Crippen LogP contribution is -2.43. The SMILES string of the molecule is Cc1ccc(CO[C@H]2CCCN(C(=O)Cc3ccccc3)C2)cc1. The normalized spacial score (nSPS) is 17.7. The van der Waals surface area contributed by atoms with Gasteiger partial charge in [-0.3, -0.25) is 4.79 Å². The van der Waals surface area contributed by atoms with Gasteiger partial charge in [0, 0.05) is 13.1 Å². The Kier molecular flexibility index (Phi) is 5.65. The zero-order valence-corrected chi connectivity index (χ0v) is 14.3. The summed E-state index contributed by atoms with van der Waals surface area (Å²) in [6.45, 7) is 4.25. The average molecular weight is 323 g/mol. The van der Waals surface area contributed by atoms with Gasteiger partial charge in [0.2, 0.25) is 5.91 Å². The minimum absolute atomic E-state index is 0.139. The minimum atomic E-state index is 0.139. The van der Waals surface area contributed by atoms with Crippen LogP contribution in [0.3, 0.4) is 0 Å². The summed E-state index contributed by atoms with van der Waals surface area (Å²) >= 11 is 0. The molecule has 1 aliphatic rings. The van der Waals surface area contributed by atoms with Crippen LogP contribution in [0.5, 0.6) is 0 Å². The minimum Gasteiger partial charge on any atom is -0.372 e. The van der Waals surface area contributed by atoms with Crippen LogP contribution in [0.4, 0.5) is 0 Å². The second-order valence-electron chi connectivity index (χ2n) is 6.56. The van der Waals surface area contributed by atoms with Crippen molar-refractivity contribution in [1.82, 2.24) is 4.90 Å². The summed E-state index contributed by atoms with van der Waals surface area (Å²) in [5.41, 5.74) is 3.52. The molecule has 0 unspecified atom stereocenters. The molecule has 24 heavy (non-hydrogen) atoms. The summed E-state index contributed by atoms with van der Waals surface area (Å²) in [5.74, 6) is 0.199. The molecule has 0 radical (unpaired) electrons. The number of aryl methyl sites for hydroxylation is 1. The second-order valence-corrected chi connectivity index (χ2v) is 6.56. The van der Waals surface area contributed by atoms with E-state index in [2.05, 4.69) is 31.2 Å². The monoisotopic (exact) mass is 323 g/mol. The van der Waals surface area contributed by atoms with Crippen LogP contribution in [0.2, 0.25) is 0 Å². The molecule has 1 amide bonds. The standard InChI is InChI=1S/C21H25NO2/c1-17-9-11-19(12-10-17)16-24-20-8-5-13-22(15-20)21(23)14-18-6-3-2-4-7-18/h2-4,6-7,9-12,20H,5,8,13-16H2,1H3/t20-/m0/s1. The van der Waals surface area contributed by atoms with Gasteiger partial charge in [-0.2, -0.15) is 0 Å². The number of amides is 1. The van der Waals surface area contributed by atoms with Crippen LogP contribution in [0.1, 0.15) is 29.5 Å². The number of piperidine rings is 1. The third-order valence-electron chi connectivity index (χ3n) is 4.54. The number of ether oxygens (including phenoxy) is 1. The first-order valence-electron chi connectivity index (χ1n) is 8.69. The van der Waals surface area contributed by atoms with Crippen molar-refractivity contribution >= 4 is 5.91 Å². The lowest BCUT2D eigenvalue weighted by atomic mass is 10.1. The van der Waals surface area contributed by atoms with Gasteiger partial charge in [0.1, 0.15) is 0 Å². The summed E-state index contributed by atoms with van der Waals surface area (Å²) < 4.78 is 6.05. The highest BCUT2D eigenvalue weighted by atomic mass is 16.5. The molecule has 3 heteroatoms. The van der Waals surface area contributed by atoms with Crippen LogP contribution in [-0.2, 0) is 22.6 Å². The first kappa shape index (κ1) is 16.7. The molecule has 126 valence electrons. The summed E-state index contributed by atoms with van der Waals surface area (Å²) in [5, 5.41) is 0. The van der Waals surface area contributed by atoms with E-state index in [9.17, 15) is 4.79 Å². The molecular weight excluding hydrogens is 298 g/mol. The number of rotatable bonds is 5. The molecule has 2 aromatic rings. The van der Waals surface area contributed by atoms with Gasteiger partial charge in [-0.15, -0.1) is 0 Å². The van der Waals surface area contributed by atoms with Crippen LogP contribution >= 0.6 is 0 Å². The van der Waals surface area contributed by atoms with E-state index in [-0.39, 0.29) is 12.0 Å². The molecule has 0 saturated carbocycles. The first-order valence-corrected chi connectivity index (χ1v) is 8.69. The molecular formula is C21H25NO2. The number of benzene rings is 2. The van der Waals surface area contributed by atoms with Gasteiger partial charge in [-0.1, -0.05) is 60.2 Å².